The number of rotatable bonds is 3. The van der Waals surface area contributed by atoms with Gasteiger partial charge >= 0.3 is 0 Å². The van der Waals surface area contributed by atoms with Crippen LogP contribution in [-0.2, 0) is 0 Å². The van der Waals surface area contributed by atoms with Crippen LogP contribution in [0.15, 0.2) is 36.4 Å². The Hall–Kier alpha value is -2.29. The van der Waals surface area contributed by atoms with Gasteiger partial charge in [0.2, 0.25) is 0 Å². The van der Waals surface area contributed by atoms with Gasteiger partial charge < -0.3 is 0 Å². The second-order valence-corrected chi connectivity index (χ2v) is 4.04. The minimum atomic E-state index is -0.411. The van der Waals surface area contributed by atoms with Gasteiger partial charge in [0.15, 0.2) is 6.29 Å². The number of aryl methyl sites for hydroxylation is 1. The Labute approximate surface area is 104 Å². The lowest BCUT2D eigenvalue weighted by Gasteiger charge is -2.09. The molecule has 0 amide bonds. The molecule has 0 fully saturated rings. The highest BCUT2D eigenvalue weighted by Gasteiger charge is 2.09. The number of benzene rings is 2. The van der Waals surface area contributed by atoms with E-state index in [9.17, 15) is 14.0 Å². The van der Waals surface area contributed by atoms with Gasteiger partial charge in [-0.2, -0.15) is 0 Å². The maximum absolute atomic E-state index is 13.3. The van der Waals surface area contributed by atoms with Crippen LogP contribution in [0.3, 0.4) is 0 Å². The SMILES string of the molecule is Cc1ccc(C=O)cc1-c1cc(F)ccc1C=O. The number of hydrogen-bond acceptors (Lipinski definition) is 2. The van der Waals surface area contributed by atoms with Gasteiger partial charge in [0.05, 0.1) is 0 Å². The topological polar surface area (TPSA) is 34.1 Å². The summed E-state index contributed by atoms with van der Waals surface area (Å²) in [6.07, 6.45) is 1.41. The number of carbonyl (C=O) groups is 2. The first-order chi connectivity index (χ1) is 8.65. The molecular formula is C15H11FO2. The lowest BCUT2D eigenvalue weighted by atomic mass is 9.95. The first kappa shape index (κ1) is 12.2. The molecule has 0 saturated heterocycles. The highest BCUT2D eigenvalue weighted by molar-refractivity contribution is 5.90. The van der Waals surface area contributed by atoms with Crippen LogP contribution in [0.1, 0.15) is 26.3 Å². The number of hydrogen-bond donors (Lipinski definition) is 0. The summed E-state index contributed by atoms with van der Waals surface area (Å²) < 4.78 is 13.3. The summed E-state index contributed by atoms with van der Waals surface area (Å²) >= 11 is 0. The number of carbonyl (C=O) groups excluding carboxylic acids is 2. The molecule has 0 aliphatic carbocycles. The quantitative estimate of drug-likeness (QED) is 0.773. The predicted molar refractivity (Wildman–Crippen MR) is 67.3 cm³/mol. The fourth-order valence-electron chi connectivity index (χ4n) is 1.87. The van der Waals surface area contributed by atoms with Gasteiger partial charge in [0.1, 0.15) is 12.1 Å². The molecule has 0 spiro atoms. The molecule has 0 bridgehead atoms. The largest absolute Gasteiger partial charge is 0.298 e. The summed E-state index contributed by atoms with van der Waals surface area (Å²) in [5, 5.41) is 0. The average molecular weight is 242 g/mol. The normalized spacial score (nSPS) is 10.1. The first-order valence-electron chi connectivity index (χ1n) is 5.46. The lowest BCUT2D eigenvalue weighted by Crippen LogP contribution is -1.93. The van der Waals surface area contributed by atoms with Gasteiger partial charge in [-0.15, -0.1) is 0 Å². The molecule has 90 valence electrons. The second-order valence-electron chi connectivity index (χ2n) is 4.04. The molecule has 0 heterocycles. The molecule has 2 nitrogen and oxygen atoms in total. The van der Waals surface area contributed by atoms with E-state index in [2.05, 4.69) is 0 Å². The van der Waals surface area contributed by atoms with Crippen LogP contribution in [0.5, 0.6) is 0 Å². The van der Waals surface area contributed by atoms with E-state index in [0.29, 0.717) is 28.5 Å². The van der Waals surface area contributed by atoms with E-state index in [-0.39, 0.29) is 0 Å². The van der Waals surface area contributed by atoms with Gasteiger partial charge in [-0.25, -0.2) is 4.39 Å². The Morgan fingerprint density at radius 2 is 1.72 bits per heavy atom. The maximum atomic E-state index is 13.3. The van der Waals surface area contributed by atoms with Crippen molar-refractivity contribution < 1.29 is 14.0 Å². The highest BCUT2D eigenvalue weighted by atomic mass is 19.1. The number of halogens is 1. The van der Waals surface area contributed by atoms with E-state index >= 15 is 0 Å². The molecule has 2 aromatic rings. The molecule has 0 aliphatic heterocycles. The fourth-order valence-corrected chi connectivity index (χ4v) is 1.87. The van der Waals surface area contributed by atoms with Crippen molar-refractivity contribution >= 4 is 12.6 Å². The van der Waals surface area contributed by atoms with E-state index in [1.54, 1.807) is 18.2 Å². The van der Waals surface area contributed by atoms with Crippen molar-refractivity contribution in [3.05, 3.63) is 58.9 Å². The van der Waals surface area contributed by atoms with Crippen LogP contribution >= 0.6 is 0 Å². The van der Waals surface area contributed by atoms with Crippen LogP contribution in [0, 0.1) is 12.7 Å². The molecule has 0 aromatic heterocycles. The molecule has 0 saturated carbocycles. The zero-order chi connectivity index (χ0) is 13.1. The molecule has 0 radical (unpaired) electrons. The lowest BCUT2D eigenvalue weighted by molar-refractivity contribution is 0.111. The minimum Gasteiger partial charge on any atom is -0.298 e. The van der Waals surface area contributed by atoms with Crippen molar-refractivity contribution in [3.63, 3.8) is 0 Å². The molecule has 2 aromatic carbocycles. The third-order valence-corrected chi connectivity index (χ3v) is 2.83. The van der Waals surface area contributed by atoms with Gasteiger partial charge in [-0.1, -0.05) is 12.1 Å². The van der Waals surface area contributed by atoms with Gasteiger partial charge in [0.25, 0.3) is 0 Å². The summed E-state index contributed by atoms with van der Waals surface area (Å²) in [6.45, 7) is 1.85. The molecule has 18 heavy (non-hydrogen) atoms. The van der Waals surface area contributed by atoms with Crippen LogP contribution in [-0.4, -0.2) is 12.6 Å². The van der Waals surface area contributed by atoms with Crippen molar-refractivity contribution in [2.75, 3.05) is 0 Å². The van der Waals surface area contributed by atoms with Crippen LogP contribution in [0.2, 0.25) is 0 Å². The zero-order valence-corrected chi connectivity index (χ0v) is 9.81. The van der Waals surface area contributed by atoms with Crippen molar-refractivity contribution in [1.29, 1.82) is 0 Å². The van der Waals surface area contributed by atoms with Gasteiger partial charge in [-0.05, 0) is 47.9 Å². The Morgan fingerprint density at radius 1 is 0.944 bits per heavy atom. The Balaban J connectivity index is 2.70. The monoisotopic (exact) mass is 242 g/mol. The number of aldehydes is 2. The Bertz CT molecular complexity index is 618. The summed E-state index contributed by atoms with van der Waals surface area (Å²) in [5.41, 5.74) is 2.99. The van der Waals surface area contributed by atoms with E-state index in [0.717, 1.165) is 11.8 Å². The summed E-state index contributed by atoms with van der Waals surface area (Å²) in [4.78, 5) is 21.8. The Morgan fingerprint density at radius 3 is 2.39 bits per heavy atom. The van der Waals surface area contributed by atoms with Crippen LogP contribution in [0.4, 0.5) is 4.39 Å². The van der Waals surface area contributed by atoms with Crippen molar-refractivity contribution in [1.82, 2.24) is 0 Å². The maximum Gasteiger partial charge on any atom is 0.150 e. The summed E-state index contributed by atoms with van der Waals surface area (Å²) in [5.74, 6) is -0.411. The molecule has 0 N–H and O–H groups in total. The molecule has 3 heteroatoms. The average Bonchev–Trinajstić information content (AvgIpc) is 2.39. The highest BCUT2D eigenvalue weighted by Crippen LogP contribution is 2.27. The van der Waals surface area contributed by atoms with Crippen LogP contribution < -0.4 is 0 Å². The molecular weight excluding hydrogens is 231 g/mol. The van der Waals surface area contributed by atoms with Crippen molar-refractivity contribution in [3.8, 4) is 11.1 Å². The predicted octanol–water partition coefficient (Wildman–Crippen LogP) is 3.43. The third-order valence-electron chi connectivity index (χ3n) is 2.83. The summed E-state index contributed by atoms with van der Waals surface area (Å²) in [6, 6.07) is 9.10. The van der Waals surface area contributed by atoms with Gasteiger partial charge in [0, 0.05) is 11.1 Å². The smallest absolute Gasteiger partial charge is 0.150 e. The standard InChI is InChI=1S/C15H11FO2/c1-10-2-3-11(8-17)6-14(10)15-7-13(16)5-4-12(15)9-18/h2-9H,1H3. The fraction of sp³-hybridized carbons (Fsp3) is 0.0667. The molecule has 0 unspecified atom stereocenters. The zero-order valence-electron chi connectivity index (χ0n) is 9.81. The van der Waals surface area contributed by atoms with E-state index in [1.807, 2.05) is 6.92 Å². The second kappa shape index (κ2) is 4.92. The molecule has 0 aliphatic rings. The van der Waals surface area contributed by atoms with Gasteiger partial charge in [-0.3, -0.25) is 9.59 Å². The molecule has 0 atom stereocenters. The van der Waals surface area contributed by atoms with E-state index < -0.39 is 5.82 Å². The van der Waals surface area contributed by atoms with Crippen LogP contribution in [0.25, 0.3) is 11.1 Å². The van der Waals surface area contributed by atoms with Crippen molar-refractivity contribution in [2.24, 2.45) is 0 Å². The summed E-state index contributed by atoms with van der Waals surface area (Å²) in [7, 11) is 0. The van der Waals surface area contributed by atoms with E-state index in [4.69, 9.17) is 0 Å². The Kier molecular flexibility index (Phi) is 3.33. The first-order valence-corrected chi connectivity index (χ1v) is 5.46. The molecule has 2 rings (SSSR count). The minimum absolute atomic E-state index is 0.405. The third kappa shape index (κ3) is 2.20. The van der Waals surface area contributed by atoms with Crippen molar-refractivity contribution in [2.45, 2.75) is 6.92 Å². The van der Waals surface area contributed by atoms with E-state index in [1.165, 1.54) is 18.2 Å².